The van der Waals surface area contributed by atoms with Crippen LogP contribution < -0.4 is 10.6 Å². The molecule has 0 unspecified atom stereocenters. The summed E-state index contributed by atoms with van der Waals surface area (Å²) >= 11 is 0. The van der Waals surface area contributed by atoms with E-state index in [1.54, 1.807) is 12.3 Å². The van der Waals surface area contributed by atoms with E-state index in [0.717, 1.165) is 25.2 Å². The molecular weight excluding hydrogens is 274 g/mol. The van der Waals surface area contributed by atoms with Gasteiger partial charge < -0.3 is 10.6 Å². The first kappa shape index (κ1) is 16.0. The zero-order chi connectivity index (χ0) is 15.8. The predicted octanol–water partition coefficient (Wildman–Crippen LogP) is 3.53. The van der Waals surface area contributed by atoms with Gasteiger partial charge in [-0.25, -0.2) is 4.98 Å². The van der Waals surface area contributed by atoms with E-state index in [1.807, 2.05) is 6.07 Å². The van der Waals surface area contributed by atoms with Crippen molar-refractivity contribution in [3.63, 3.8) is 0 Å². The standard InChI is InChI=1S/C18H23N3O/c1-3-4-11-19-18(22)16-9-10-17(21-13-16)20-12-15-7-5-14(2)6-8-15/h5-10,13H,3-4,11-12H2,1-2H3,(H,19,22)(H,20,21). The zero-order valence-electron chi connectivity index (χ0n) is 13.2. The molecule has 1 heterocycles. The van der Waals surface area contributed by atoms with Crippen molar-refractivity contribution in [3.05, 3.63) is 59.3 Å². The SMILES string of the molecule is CCCCNC(=O)c1ccc(NCc2ccc(C)cc2)nc1. The highest BCUT2D eigenvalue weighted by Gasteiger charge is 2.05. The number of pyridine rings is 1. The fourth-order valence-corrected chi connectivity index (χ4v) is 2.01. The summed E-state index contributed by atoms with van der Waals surface area (Å²) in [5, 5.41) is 6.14. The molecule has 2 rings (SSSR count). The van der Waals surface area contributed by atoms with E-state index in [-0.39, 0.29) is 5.91 Å². The fourth-order valence-electron chi connectivity index (χ4n) is 2.01. The second-order valence-corrected chi connectivity index (χ2v) is 5.38. The molecule has 0 saturated carbocycles. The molecule has 0 radical (unpaired) electrons. The first-order valence-electron chi connectivity index (χ1n) is 7.72. The molecule has 0 spiro atoms. The summed E-state index contributed by atoms with van der Waals surface area (Å²) in [5.41, 5.74) is 3.05. The molecule has 0 aliphatic rings. The van der Waals surface area contributed by atoms with Gasteiger partial charge in [0.05, 0.1) is 5.56 Å². The van der Waals surface area contributed by atoms with Crippen molar-refractivity contribution in [2.75, 3.05) is 11.9 Å². The Labute approximate surface area is 132 Å². The van der Waals surface area contributed by atoms with Crippen LogP contribution in [0, 0.1) is 6.92 Å². The Morgan fingerprint density at radius 2 is 1.91 bits per heavy atom. The monoisotopic (exact) mass is 297 g/mol. The molecule has 1 amide bonds. The van der Waals surface area contributed by atoms with Crippen molar-refractivity contribution in [2.45, 2.75) is 33.2 Å². The van der Waals surface area contributed by atoms with Gasteiger partial charge in [-0.05, 0) is 31.0 Å². The minimum absolute atomic E-state index is 0.0639. The highest BCUT2D eigenvalue weighted by molar-refractivity contribution is 5.94. The van der Waals surface area contributed by atoms with Crippen molar-refractivity contribution >= 4 is 11.7 Å². The maximum absolute atomic E-state index is 11.9. The quantitative estimate of drug-likeness (QED) is 0.769. The molecule has 0 atom stereocenters. The molecule has 1 aromatic heterocycles. The van der Waals surface area contributed by atoms with Gasteiger partial charge in [-0.1, -0.05) is 43.2 Å². The topological polar surface area (TPSA) is 54.0 Å². The molecular formula is C18H23N3O. The predicted molar refractivity (Wildman–Crippen MR) is 90.0 cm³/mol. The van der Waals surface area contributed by atoms with Crippen molar-refractivity contribution < 1.29 is 4.79 Å². The van der Waals surface area contributed by atoms with Crippen LogP contribution in [0.3, 0.4) is 0 Å². The molecule has 0 saturated heterocycles. The highest BCUT2D eigenvalue weighted by atomic mass is 16.1. The third kappa shape index (κ3) is 4.88. The number of nitrogens with one attached hydrogen (secondary N) is 2. The van der Waals surface area contributed by atoms with Crippen molar-refractivity contribution in [3.8, 4) is 0 Å². The number of carbonyl (C=O) groups excluding carboxylic acids is 1. The van der Waals surface area contributed by atoms with Crippen LogP contribution in [0.2, 0.25) is 0 Å². The molecule has 0 aliphatic carbocycles. The number of amides is 1. The first-order valence-corrected chi connectivity index (χ1v) is 7.72. The minimum atomic E-state index is -0.0639. The number of benzene rings is 1. The van der Waals surface area contributed by atoms with E-state index in [0.29, 0.717) is 12.1 Å². The van der Waals surface area contributed by atoms with Gasteiger partial charge in [0, 0.05) is 19.3 Å². The molecule has 0 bridgehead atoms. The molecule has 116 valence electrons. The molecule has 2 N–H and O–H groups in total. The third-order valence-corrected chi connectivity index (χ3v) is 3.44. The fraction of sp³-hybridized carbons (Fsp3) is 0.333. The largest absolute Gasteiger partial charge is 0.366 e. The van der Waals surface area contributed by atoms with Gasteiger partial charge in [-0.2, -0.15) is 0 Å². The summed E-state index contributed by atoms with van der Waals surface area (Å²) in [5.74, 6) is 0.705. The van der Waals surface area contributed by atoms with Gasteiger partial charge in [-0.3, -0.25) is 4.79 Å². The Kier molecular flexibility index (Phi) is 5.95. The summed E-state index contributed by atoms with van der Waals surface area (Å²) in [6, 6.07) is 12.0. The molecule has 2 aromatic rings. The van der Waals surface area contributed by atoms with Gasteiger partial charge in [-0.15, -0.1) is 0 Å². The normalized spacial score (nSPS) is 10.3. The molecule has 4 nitrogen and oxygen atoms in total. The number of aromatic nitrogens is 1. The first-order chi connectivity index (χ1) is 10.7. The van der Waals surface area contributed by atoms with Crippen molar-refractivity contribution in [2.24, 2.45) is 0 Å². The molecule has 1 aromatic carbocycles. The second kappa shape index (κ2) is 8.17. The van der Waals surface area contributed by atoms with Crippen LogP contribution in [0.15, 0.2) is 42.6 Å². The van der Waals surface area contributed by atoms with Gasteiger partial charge in [0.2, 0.25) is 0 Å². The molecule has 22 heavy (non-hydrogen) atoms. The van der Waals surface area contributed by atoms with E-state index >= 15 is 0 Å². The van der Waals surface area contributed by atoms with Crippen LogP contribution in [0.25, 0.3) is 0 Å². The van der Waals surface area contributed by atoms with E-state index in [4.69, 9.17) is 0 Å². The average Bonchev–Trinajstić information content (AvgIpc) is 2.55. The lowest BCUT2D eigenvalue weighted by Gasteiger charge is -2.07. The van der Waals surface area contributed by atoms with E-state index < -0.39 is 0 Å². The van der Waals surface area contributed by atoms with Crippen LogP contribution >= 0.6 is 0 Å². The Balaban J connectivity index is 1.86. The summed E-state index contributed by atoms with van der Waals surface area (Å²) in [6.07, 6.45) is 3.68. The van der Waals surface area contributed by atoms with Gasteiger partial charge >= 0.3 is 0 Å². The van der Waals surface area contributed by atoms with Crippen LogP contribution in [0.5, 0.6) is 0 Å². The number of hydrogen-bond acceptors (Lipinski definition) is 3. The van der Waals surface area contributed by atoms with Gasteiger partial charge in [0.15, 0.2) is 0 Å². The average molecular weight is 297 g/mol. The highest BCUT2D eigenvalue weighted by Crippen LogP contribution is 2.09. The lowest BCUT2D eigenvalue weighted by molar-refractivity contribution is 0.0953. The minimum Gasteiger partial charge on any atom is -0.366 e. The molecule has 4 heteroatoms. The molecule has 0 aliphatic heterocycles. The number of nitrogens with zero attached hydrogens (tertiary/aromatic N) is 1. The van der Waals surface area contributed by atoms with E-state index in [2.05, 4.69) is 53.7 Å². The number of rotatable bonds is 7. The Hall–Kier alpha value is -2.36. The number of carbonyl (C=O) groups is 1. The van der Waals surface area contributed by atoms with E-state index in [1.165, 1.54) is 11.1 Å². The number of aryl methyl sites for hydroxylation is 1. The number of hydrogen-bond donors (Lipinski definition) is 2. The van der Waals surface area contributed by atoms with E-state index in [9.17, 15) is 4.79 Å². The zero-order valence-corrected chi connectivity index (χ0v) is 13.2. The summed E-state index contributed by atoms with van der Waals surface area (Å²) < 4.78 is 0. The van der Waals surface area contributed by atoms with Crippen LogP contribution in [-0.2, 0) is 6.54 Å². The summed E-state index contributed by atoms with van der Waals surface area (Å²) in [6.45, 7) is 5.60. The maximum Gasteiger partial charge on any atom is 0.252 e. The van der Waals surface area contributed by atoms with Crippen molar-refractivity contribution in [1.82, 2.24) is 10.3 Å². The van der Waals surface area contributed by atoms with Gasteiger partial charge in [0.1, 0.15) is 5.82 Å². The summed E-state index contributed by atoms with van der Waals surface area (Å²) in [4.78, 5) is 16.2. The lowest BCUT2D eigenvalue weighted by Crippen LogP contribution is -2.24. The Morgan fingerprint density at radius 3 is 2.55 bits per heavy atom. The van der Waals surface area contributed by atoms with Crippen LogP contribution in [0.4, 0.5) is 5.82 Å². The molecule has 0 fully saturated rings. The Morgan fingerprint density at radius 1 is 1.14 bits per heavy atom. The number of anilines is 1. The maximum atomic E-state index is 11.9. The second-order valence-electron chi connectivity index (χ2n) is 5.38. The summed E-state index contributed by atoms with van der Waals surface area (Å²) in [7, 11) is 0. The van der Waals surface area contributed by atoms with Gasteiger partial charge in [0.25, 0.3) is 5.91 Å². The lowest BCUT2D eigenvalue weighted by atomic mass is 10.1. The Bertz CT molecular complexity index is 591. The van der Waals surface area contributed by atoms with Crippen LogP contribution in [0.1, 0.15) is 41.3 Å². The van der Waals surface area contributed by atoms with Crippen molar-refractivity contribution in [1.29, 1.82) is 0 Å². The number of unbranched alkanes of at least 4 members (excludes halogenated alkanes) is 1. The van der Waals surface area contributed by atoms with Crippen LogP contribution in [-0.4, -0.2) is 17.4 Å². The smallest absolute Gasteiger partial charge is 0.252 e. The third-order valence-electron chi connectivity index (χ3n) is 3.44.